The summed E-state index contributed by atoms with van der Waals surface area (Å²) in [5.41, 5.74) is 0.876. The van der Waals surface area contributed by atoms with E-state index in [1.165, 1.54) is 44.7 Å². The highest BCUT2D eigenvalue weighted by atomic mass is 35.5. The molecule has 0 saturated heterocycles. The highest BCUT2D eigenvalue weighted by Crippen LogP contribution is 2.37. The molecule has 0 saturated carbocycles. The Labute approximate surface area is 177 Å². The number of rotatable bonds is 7. The summed E-state index contributed by atoms with van der Waals surface area (Å²) in [5, 5.41) is 9.92. The van der Waals surface area contributed by atoms with Crippen LogP contribution in [0.5, 0.6) is 11.5 Å². The molecule has 0 fully saturated rings. The molecule has 1 aromatic heterocycles. The van der Waals surface area contributed by atoms with E-state index in [1.807, 2.05) is 0 Å². The van der Waals surface area contributed by atoms with E-state index in [2.05, 4.69) is 0 Å². The Hall–Kier alpha value is -2.42. The first kappa shape index (κ1) is 21.3. The molecule has 0 aliphatic heterocycles. The summed E-state index contributed by atoms with van der Waals surface area (Å²) in [6.45, 7) is 0. The van der Waals surface area contributed by atoms with E-state index in [-0.39, 0.29) is 27.8 Å². The van der Waals surface area contributed by atoms with Gasteiger partial charge in [0.25, 0.3) is 10.0 Å². The van der Waals surface area contributed by atoms with Crippen molar-refractivity contribution >= 4 is 50.1 Å². The third-order valence-electron chi connectivity index (χ3n) is 4.41. The minimum Gasteiger partial charge on any atom is -0.493 e. The van der Waals surface area contributed by atoms with Crippen LogP contribution < -0.4 is 9.47 Å². The van der Waals surface area contributed by atoms with Crippen molar-refractivity contribution in [3.8, 4) is 11.5 Å². The fourth-order valence-electron chi connectivity index (χ4n) is 2.98. The number of carboxylic acid groups (broad SMARTS) is 1. The number of hydrogen-bond acceptors (Lipinski definition) is 5. The van der Waals surface area contributed by atoms with Gasteiger partial charge in [-0.2, -0.15) is 0 Å². The minimum absolute atomic E-state index is 0.0524. The number of methoxy groups -OCH3 is 2. The van der Waals surface area contributed by atoms with Gasteiger partial charge in [0.1, 0.15) is 0 Å². The van der Waals surface area contributed by atoms with E-state index in [4.69, 9.17) is 37.8 Å². The molecule has 0 aliphatic carbocycles. The number of carbonyl (C=O) groups is 1. The molecule has 7 nitrogen and oxygen atoms in total. The molecule has 0 bridgehead atoms. The fraction of sp³-hybridized carbons (Fsp3) is 0.211. The molecule has 29 heavy (non-hydrogen) atoms. The number of hydrogen-bond donors (Lipinski definition) is 1. The molecular formula is C19H17Cl2NO6S. The van der Waals surface area contributed by atoms with Crippen molar-refractivity contribution in [3.05, 3.63) is 52.1 Å². The Morgan fingerprint density at radius 3 is 2.31 bits per heavy atom. The zero-order valence-corrected chi connectivity index (χ0v) is 17.8. The molecule has 0 aliphatic rings. The number of aliphatic carboxylic acids is 1. The van der Waals surface area contributed by atoms with Crippen molar-refractivity contribution < 1.29 is 27.8 Å². The summed E-state index contributed by atoms with van der Waals surface area (Å²) in [6, 6.07) is 7.19. The van der Waals surface area contributed by atoms with Gasteiger partial charge in [-0.25, -0.2) is 12.4 Å². The van der Waals surface area contributed by atoms with Crippen LogP contribution in [0.1, 0.15) is 12.0 Å². The number of halogens is 2. The van der Waals surface area contributed by atoms with Crippen molar-refractivity contribution in [3.63, 3.8) is 0 Å². The third-order valence-corrected chi connectivity index (χ3v) is 6.82. The summed E-state index contributed by atoms with van der Waals surface area (Å²) >= 11 is 11.9. The lowest BCUT2D eigenvalue weighted by Gasteiger charge is -2.11. The number of nitrogens with zero attached hydrogens (tertiary/aromatic N) is 1. The zero-order valence-electron chi connectivity index (χ0n) is 15.5. The second-order valence-electron chi connectivity index (χ2n) is 6.15. The quantitative estimate of drug-likeness (QED) is 0.570. The van der Waals surface area contributed by atoms with Crippen molar-refractivity contribution in [2.45, 2.75) is 17.7 Å². The maximum Gasteiger partial charge on any atom is 0.303 e. The van der Waals surface area contributed by atoms with Crippen LogP contribution in [0.2, 0.25) is 10.0 Å². The zero-order chi connectivity index (χ0) is 21.3. The lowest BCUT2D eigenvalue weighted by molar-refractivity contribution is -0.136. The number of benzene rings is 2. The van der Waals surface area contributed by atoms with Gasteiger partial charge in [-0.1, -0.05) is 23.2 Å². The molecule has 3 rings (SSSR count). The molecule has 0 atom stereocenters. The predicted octanol–water partition coefficient (Wildman–Crippen LogP) is 4.22. The smallest absolute Gasteiger partial charge is 0.303 e. The van der Waals surface area contributed by atoms with Crippen molar-refractivity contribution in [2.75, 3.05) is 14.2 Å². The van der Waals surface area contributed by atoms with Crippen LogP contribution in [-0.2, 0) is 21.2 Å². The van der Waals surface area contributed by atoms with Crippen LogP contribution in [-0.4, -0.2) is 37.7 Å². The summed E-state index contributed by atoms with van der Waals surface area (Å²) in [4.78, 5) is 11.0. The van der Waals surface area contributed by atoms with Crippen LogP contribution >= 0.6 is 23.2 Å². The van der Waals surface area contributed by atoms with Crippen molar-refractivity contribution in [1.82, 2.24) is 3.97 Å². The molecule has 3 aromatic rings. The average Bonchev–Trinajstić information content (AvgIpc) is 3.05. The largest absolute Gasteiger partial charge is 0.493 e. The highest BCUT2D eigenvalue weighted by Gasteiger charge is 2.24. The predicted molar refractivity (Wildman–Crippen MR) is 110 cm³/mol. The molecule has 1 N–H and O–H groups in total. The number of aromatic nitrogens is 1. The normalized spacial score (nSPS) is 11.6. The third kappa shape index (κ3) is 4.01. The topological polar surface area (TPSA) is 94.8 Å². The summed E-state index contributed by atoms with van der Waals surface area (Å²) < 4.78 is 38.3. The molecular weight excluding hydrogens is 441 g/mol. The van der Waals surface area contributed by atoms with E-state index in [1.54, 1.807) is 6.07 Å². The van der Waals surface area contributed by atoms with Crippen LogP contribution in [0.25, 0.3) is 10.9 Å². The molecule has 0 radical (unpaired) electrons. The van der Waals surface area contributed by atoms with Gasteiger partial charge in [-0.15, -0.1) is 0 Å². The molecule has 1 heterocycles. The summed E-state index contributed by atoms with van der Waals surface area (Å²) in [6.07, 6.45) is 1.40. The molecule has 10 heteroatoms. The van der Waals surface area contributed by atoms with E-state index >= 15 is 0 Å². The maximum atomic E-state index is 13.3. The number of carboxylic acids is 1. The lowest BCUT2D eigenvalue weighted by Crippen LogP contribution is -2.12. The number of fused-ring (bicyclic) bond motifs is 1. The average molecular weight is 458 g/mol. The Morgan fingerprint density at radius 2 is 1.72 bits per heavy atom. The molecule has 154 valence electrons. The Balaban J connectivity index is 2.27. The van der Waals surface area contributed by atoms with Crippen LogP contribution in [0.4, 0.5) is 0 Å². The first-order chi connectivity index (χ1) is 13.7. The monoisotopic (exact) mass is 457 g/mol. The molecule has 0 unspecified atom stereocenters. The minimum atomic E-state index is -4.04. The van der Waals surface area contributed by atoms with Gasteiger partial charge in [0, 0.05) is 24.1 Å². The Kier molecular flexibility index (Phi) is 5.97. The Morgan fingerprint density at radius 1 is 1.07 bits per heavy atom. The highest BCUT2D eigenvalue weighted by molar-refractivity contribution is 7.90. The van der Waals surface area contributed by atoms with Crippen molar-refractivity contribution in [1.29, 1.82) is 0 Å². The van der Waals surface area contributed by atoms with Crippen molar-refractivity contribution in [2.24, 2.45) is 0 Å². The van der Waals surface area contributed by atoms with Gasteiger partial charge in [0.15, 0.2) is 11.5 Å². The standard InChI is InChI=1S/C19H17Cl2NO6S/c1-27-17-8-13-11(3-6-19(23)24)10-22(16(13)9-18(17)28-2)29(25,26)12-4-5-14(20)15(21)7-12/h4-5,7-10H,3,6H2,1-2H3,(H,23,24). The van der Waals surface area contributed by atoms with E-state index < -0.39 is 16.0 Å². The van der Waals surface area contributed by atoms with Gasteiger partial charge >= 0.3 is 5.97 Å². The van der Waals surface area contributed by atoms with Crippen LogP contribution in [0.15, 0.2) is 41.4 Å². The van der Waals surface area contributed by atoms with Gasteiger partial charge in [0.05, 0.1) is 34.7 Å². The number of aryl methyl sites for hydroxylation is 1. The van der Waals surface area contributed by atoms with Gasteiger partial charge in [-0.3, -0.25) is 4.79 Å². The SMILES string of the molecule is COc1cc2c(CCC(=O)O)cn(S(=O)(=O)c3ccc(Cl)c(Cl)c3)c2cc1OC. The first-order valence-electron chi connectivity index (χ1n) is 8.37. The Bertz CT molecular complexity index is 1200. The molecule has 0 spiro atoms. The van der Waals surface area contributed by atoms with Gasteiger partial charge in [-0.05, 0) is 36.2 Å². The molecule has 0 amide bonds. The maximum absolute atomic E-state index is 13.3. The molecule has 2 aromatic carbocycles. The fourth-order valence-corrected chi connectivity index (χ4v) is 4.75. The second kappa shape index (κ2) is 8.14. The van der Waals surface area contributed by atoms with Gasteiger partial charge < -0.3 is 14.6 Å². The van der Waals surface area contributed by atoms with Crippen LogP contribution in [0, 0.1) is 0 Å². The van der Waals surface area contributed by atoms with Crippen LogP contribution in [0.3, 0.4) is 0 Å². The van der Waals surface area contributed by atoms with E-state index in [9.17, 15) is 13.2 Å². The second-order valence-corrected chi connectivity index (χ2v) is 8.78. The lowest BCUT2D eigenvalue weighted by atomic mass is 10.1. The van der Waals surface area contributed by atoms with Gasteiger partial charge in [0.2, 0.25) is 0 Å². The summed E-state index contributed by atoms with van der Waals surface area (Å²) in [5.74, 6) is -0.242. The van der Waals surface area contributed by atoms with E-state index in [0.29, 0.717) is 28.0 Å². The van der Waals surface area contributed by atoms with E-state index in [0.717, 1.165) is 3.97 Å². The first-order valence-corrected chi connectivity index (χ1v) is 10.6. The number of ether oxygens (including phenoxy) is 2. The summed E-state index contributed by atoms with van der Waals surface area (Å²) in [7, 11) is -1.13.